The summed E-state index contributed by atoms with van der Waals surface area (Å²) in [5, 5.41) is 3.42. The van der Waals surface area contributed by atoms with Gasteiger partial charge in [0.2, 0.25) is 0 Å². The van der Waals surface area contributed by atoms with Crippen LogP contribution in [0.5, 0.6) is 0 Å². The number of ether oxygens (including phenoxy) is 1. The second-order valence-electron chi connectivity index (χ2n) is 7.68. The van der Waals surface area contributed by atoms with Gasteiger partial charge in [0.15, 0.2) is 0 Å². The first kappa shape index (κ1) is 13.9. The van der Waals surface area contributed by atoms with Gasteiger partial charge >= 0.3 is 0 Å². The number of hydrogen-bond donors (Lipinski definition) is 1. The minimum atomic E-state index is 0.299. The number of rotatable bonds is 5. The largest absolute Gasteiger partial charge is 0.372 e. The Morgan fingerprint density at radius 1 is 1.11 bits per heavy atom. The zero-order chi connectivity index (χ0) is 13.3. The van der Waals surface area contributed by atoms with Crippen LogP contribution in [0.3, 0.4) is 0 Å². The Kier molecular flexibility index (Phi) is 3.92. The molecule has 3 rings (SSSR count). The average molecular weight is 265 g/mol. The van der Waals surface area contributed by atoms with Crippen molar-refractivity contribution in [2.45, 2.75) is 82.8 Å². The summed E-state index contributed by atoms with van der Waals surface area (Å²) in [7, 11) is 2.10. The molecule has 0 aromatic carbocycles. The molecule has 3 fully saturated rings. The van der Waals surface area contributed by atoms with Gasteiger partial charge in [0, 0.05) is 6.54 Å². The van der Waals surface area contributed by atoms with E-state index in [1.807, 2.05) is 0 Å². The van der Waals surface area contributed by atoms with E-state index in [1.54, 1.807) is 0 Å². The van der Waals surface area contributed by atoms with Gasteiger partial charge in [-0.3, -0.25) is 0 Å². The van der Waals surface area contributed by atoms with Gasteiger partial charge in [0.25, 0.3) is 0 Å². The van der Waals surface area contributed by atoms with E-state index in [-0.39, 0.29) is 0 Å². The molecule has 0 aromatic heterocycles. The lowest BCUT2D eigenvalue weighted by Crippen LogP contribution is -2.37. The molecule has 1 N–H and O–H groups in total. The monoisotopic (exact) mass is 265 g/mol. The highest BCUT2D eigenvalue weighted by Crippen LogP contribution is 2.51. The highest BCUT2D eigenvalue weighted by molar-refractivity contribution is 4.97. The van der Waals surface area contributed by atoms with E-state index < -0.39 is 0 Å². The molecule has 0 bridgehead atoms. The predicted octanol–water partition coefficient (Wildman–Crippen LogP) is 3.89. The van der Waals surface area contributed by atoms with Gasteiger partial charge in [0.1, 0.15) is 0 Å². The molecule has 0 amide bonds. The van der Waals surface area contributed by atoms with Crippen LogP contribution >= 0.6 is 0 Å². The fourth-order valence-electron chi connectivity index (χ4n) is 4.69. The minimum Gasteiger partial charge on any atom is -0.372 e. The lowest BCUT2D eigenvalue weighted by molar-refractivity contribution is -0.0772. The van der Waals surface area contributed by atoms with E-state index in [9.17, 15) is 0 Å². The zero-order valence-corrected chi connectivity index (χ0v) is 12.8. The third-order valence-electron chi connectivity index (χ3n) is 5.94. The maximum atomic E-state index is 6.58. The van der Waals surface area contributed by atoms with Crippen molar-refractivity contribution in [1.29, 1.82) is 0 Å². The Balaban J connectivity index is 1.58. The highest BCUT2D eigenvalue weighted by atomic mass is 16.5. The Morgan fingerprint density at radius 2 is 1.84 bits per heavy atom. The molecule has 0 radical (unpaired) electrons. The van der Waals surface area contributed by atoms with Crippen molar-refractivity contribution in [1.82, 2.24) is 5.32 Å². The Hall–Kier alpha value is -0.0800. The molecule has 1 saturated heterocycles. The first-order valence-corrected chi connectivity index (χ1v) is 8.48. The van der Waals surface area contributed by atoms with Crippen molar-refractivity contribution < 1.29 is 4.74 Å². The summed E-state index contributed by atoms with van der Waals surface area (Å²) < 4.78 is 6.58. The average Bonchev–Trinajstić information content (AvgIpc) is 3.18. The molecule has 1 heterocycles. The normalized spacial score (nSPS) is 33.5. The quantitative estimate of drug-likeness (QED) is 0.814. The maximum Gasteiger partial charge on any atom is 0.0687 e. The third-order valence-corrected chi connectivity index (χ3v) is 5.94. The van der Waals surface area contributed by atoms with Gasteiger partial charge in [-0.05, 0) is 63.3 Å². The predicted molar refractivity (Wildman–Crippen MR) is 79.3 cm³/mol. The van der Waals surface area contributed by atoms with E-state index in [1.165, 1.54) is 64.2 Å². The third kappa shape index (κ3) is 3.00. The van der Waals surface area contributed by atoms with Crippen molar-refractivity contribution >= 4 is 0 Å². The molecule has 19 heavy (non-hydrogen) atoms. The van der Waals surface area contributed by atoms with Crippen LogP contribution < -0.4 is 5.32 Å². The molecule has 3 aliphatic rings. The topological polar surface area (TPSA) is 21.3 Å². The molecule has 1 aliphatic heterocycles. The second kappa shape index (κ2) is 5.37. The molecule has 1 spiro atoms. The summed E-state index contributed by atoms with van der Waals surface area (Å²) in [6, 6.07) is 0. The Bertz CT molecular complexity index is 306. The van der Waals surface area contributed by atoms with Gasteiger partial charge in [0.05, 0.1) is 11.7 Å². The smallest absolute Gasteiger partial charge is 0.0687 e. The van der Waals surface area contributed by atoms with Crippen LogP contribution in [0.2, 0.25) is 0 Å². The van der Waals surface area contributed by atoms with Crippen molar-refractivity contribution in [2.24, 2.45) is 11.3 Å². The molecule has 2 saturated carbocycles. The first-order valence-electron chi connectivity index (χ1n) is 8.48. The van der Waals surface area contributed by atoms with E-state index in [4.69, 9.17) is 4.74 Å². The van der Waals surface area contributed by atoms with Crippen LogP contribution in [0.1, 0.15) is 71.1 Å². The van der Waals surface area contributed by atoms with E-state index in [2.05, 4.69) is 19.3 Å². The van der Waals surface area contributed by atoms with Crippen molar-refractivity contribution in [3.63, 3.8) is 0 Å². The zero-order valence-electron chi connectivity index (χ0n) is 12.8. The van der Waals surface area contributed by atoms with Gasteiger partial charge in [-0.15, -0.1) is 0 Å². The summed E-state index contributed by atoms with van der Waals surface area (Å²) >= 11 is 0. The SMILES string of the molecule is CNCC(C)(CC1CCC2(CCCCC2)O1)C1CC1. The van der Waals surface area contributed by atoms with Gasteiger partial charge in [-0.1, -0.05) is 26.2 Å². The molecule has 2 atom stereocenters. The van der Waals surface area contributed by atoms with Gasteiger partial charge in [-0.25, -0.2) is 0 Å². The first-order chi connectivity index (χ1) is 9.16. The Labute approximate surface area is 118 Å². The summed E-state index contributed by atoms with van der Waals surface area (Å²) in [6.07, 6.45) is 14.2. The van der Waals surface area contributed by atoms with E-state index in [0.29, 0.717) is 17.1 Å². The lowest BCUT2D eigenvalue weighted by atomic mass is 9.78. The molecule has 0 aromatic rings. The Morgan fingerprint density at radius 3 is 2.47 bits per heavy atom. The summed E-state index contributed by atoms with van der Waals surface area (Å²) in [6.45, 7) is 3.64. The second-order valence-corrected chi connectivity index (χ2v) is 7.68. The summed E-state index contributed by atoms with van der Waals surface area (Å²) in [4.78, 5) is 0. The minimum absolute atomic E-state index is 0.299. The van der Waals surface area contributed by atoms with E-state index >= 15 is 0 Å². The van der Waals surface area contributed by atoms with Crippen LogP contribution in [-0.2, 0) is 4.74 Å². The number of hydrogen-bond acceptors (Lipinski definition) is 2. The van der Waals surface area contributed by atoms with Gasteiger partial charge < -0.3 is 10.1 Å². The fourth-order valence-corrected chi connectivity index (χ4v) is 4.69. The maximum absolute atomic E-state index is 6.58. The van der Waals surface area contributed by atoms with Crippen LogP contribution in [0, 0.1) is 11.3 Å². The van der Waals surface area contributed by atoms with Crippen LogP contribution in [0.4, 0.5) is 0 Å². The van der Waals surface area contributed by atoms with Crippen LogP contribution in [-0.4, -0.2) is 25.3 Å². The molecule has 2 nitrogen and oxygen atoms in total. The van der Waals surface area contributed by atoms with Crippen molar-refractivity contribution in [2.75, 3.05) is 13.6 Å². The molecule has 2 heteroatoms. The van der Waals surface area contributed by atoms with Crippen molar-refractivity contribution in [3.8, 4) is 0 Å². The molecule has 2 aliphatic carbocycles. The lowest BCUT2D eigenvalue weighted by Gasteiger charge is -2.36. The van der Waals surface area contributed by atoms with Crippen LogP contribution in [0.25, 0.3) is 0 Å². The summed E-state index contributed by atoms with van der Waals surface area (Å²) in [5.74, 6) is 0.950. The molecule has 2 unspecified atom stereocenters. The summed E-state index contributed by atoms with van der Waals surface area (Å²) in [5.41, 5.74) is 0.770. The molecular weight excluding hydrogens is 234 g/mol. The number of nitrogens with one attached hydrogen (secondary N) is 1. The molecular formula is C17H31NO. The van der Waals surface area contributed by atoms with E-state index in [0.717, 1.165) is 12.5 Å². The van der Waals surface area contributed by atoms with Gasteiger partial charge in [-0.2, -0.15) is 0 Å². The standard InChI is InChI=1S/C17H31NO/c1-16(13-18-2,14-6-7-14)12-15-8-11-17(19-15)9-4-3-5-10-17/h14-15,18H,3-13H2,1-2H3. The molecule has 110 valence electrons. The fraction of sp³-hybridized carbons (Fsp3) is 1.00. The van der Waals surface area contributed by atoms with Crippen molar-refractivity contribution in [3.05, 3.63) is 0 Å². The van der Waals surface area contributed by atoms with Crippen LogP contribution in [0.15, 0.2) is 0 Å². The highest BCUT2D eigenvalue weighted by Gasteiger charge is 2.46.